The van der Waals surface area contributed by atoms with Gasteiger partial charge in [0.1, 0.15) is 0 Å². The van der Waals surface area contributed by atoms with Gasteiger partial charge in [-0.1, -0.05) is 40.0 Å². The van der Waals surface area contributed by atoms with E-state index in [2.05, 4.69) is 27.9 Å². The van der Waals surface area contributed by atoms with E-state index in [0.717, 1.165) is 23.7 Å². The third-order valence-corrected chi connectivity index (χ3v) is 2.31. The molecule has 0 unspecified atom stereocenters. The molecule has 1 heteroatoms. The van der Waals surface area contributed by atoms with Gasteiger partial charge in [-0.3, -0.25) is 0 Å². The van der Waals surface area contributed by atoms with Gasteiger partial charge in [-0.15, -0.1) is 6.42 Å². The molecule has 0 nitrogen and oxygen atoms in total. The second-order valence-corrected chi connectivity index (χ2v) is 3.39. The molecular weight excluding hydrogens is 212 g/mol. The third-order valence-electron chi connectivity index (χ3n) is 1.75. The first-order valence-corrected chi connectivity index (χ1v) is 5.11. The Morgan fingerprint density at radius 3 is 2.75 bits per heavy atom. The molecule has 0 heterocycles. The van der Waals surface area contributed by atoms with Gasteiger partial charge >= 0.3 is 0 Å². The average Bonchev–Trinajstić information content (AvgIpc) is 2.15. The lowest BCUT2D eigenvalue weighted by atomic mass is 10.0. The van der Waals surface area contributed by atoms with E-state index in [1.165, 1.54) is 5.56 Å². The molecule has 62 valence electrons. The maximum atomic E-state index is 5.36. The molecule has 1 aromatic carbocycles. The summed E-state index contributed by atoms with van der Waals surface area (Å²) in [6.45, 7) is 0. The van der Waals surface area contributed by atoms with E-state index in [9.17, 15) is 0 Å². The normalized spacial score (nSPS) is 9.33. The van der Waals surface area contributed by atoms with Gasteiger partial charge in [-0.05, 0) is 24.5 Å². The Morgan fingerprint density at radius 1 is 1.33 bits per heavy atom. The minimum Gasteiger partial charge on any atom is -0.115 e. The van der Waals surface area contributed by atoms with Crippen LogP contribution in [0.2, 0.25) is 0 Å². The Morgan fingerprint density at radius 2 is 2.08 bits per heavy atom. The molecule has 0 spiro atoms. The molecule has 0 aliphatic heterocycles. The second-order valence-electron chi connectivity index (χ2n) is 2.59. The van der Waals surface area contributed by atoms with Crippen molar-refractivity contribution >= 4 is 15.9 Å². The van der Waals surface area contributed by atoms with Gasteiger partial charge in [0.05, 0.1) is 0 Å². The van der Waals surface area contributed by atoms with Crippen molar-refractivity contribution in [2.75, 3.05) is 5.33 Å². The summed E-state index contributed by atoms with van der Waals surface area (Å²) in [5.41, 5.74) is 2.30. The summed E-state index contributed by atoms with van der Waals surface area (Å²) in [6.07, 6.45) is 7.56. The number of aryl methyl sites for hydroxylation is 1. The Kier molecular flexibility index (Phi) is 3.90. The van der Waals surface area contributed by atoms with E-state index in [1.54, 1.807) is 0 Å². The number of hydrogen-bond donors (Lipinski definition) is 0. The summed E-state index contributed by atoms with van der Waals surface area (Å²) in [7, 11) is 0. The van der Waals surface area contributed by atoms with E-state index in [-0.39, 0.29) is 0 Å². The minimum absolute atomic E-state index is 1.03. The molecule has 0 fully saturated rings. The van der Waals surface area contributed by atoms with E-state index < -0.39 is 0 Å². The first kappa shape index (κ1) is 9.35. The monoisotopic (exact) mass is 222 g/mol. The molecule has 1 aromatic rings. The quantitative estimate of drug-likeness (QED) is 0.545. The van der Waals surface area contributed by atoms with Gasteiger partial charge in [-0.25, -0.2) is 0 Å². The maximum absolute atomic E-state index is 5.36. The predicted octanol–water partition coefficient (Wildman–Crippen LogP) is 3.00. The molecule has 12 heavy (non-hydrogen) atoms. The van der Waals surface area contributed by atoms with Crippen LogP contribution in [0.3, 0.4) is 0 Å². The number of alkyl halides is 1. The molecule has 0 saturated heterocycles. The van der Waals surface area contributed by atoms with Crippen LogP contribution in [0.25, 0.3) is 0 Å². The van der Waals surface area contributed by atoms with Gasteiger partial charge in [0, 0.05) is 10.9 Å². The van der Waals surface area contributed by atoms with Crippen LogP contribution < -0.4 is 0 Å². The number of halogens is 1. The van der Waals surface area contributed by atoms with Crippen LogP contribution in [0.1, 0.15) is 17.5 Å². The molecule has 0 amide bonds. The van der Waals surface area contributed by atoms with Crippen molar-refractivity contribution in [3.05, 3.63) is 35.4 Å². The highest BCUT2D eigenvalue weighted by Crippen LogP contribution is 2.10. The SMILES string of the molecule is C#Cc1ccccc1CCCBr. The van der Waals surface area contributed by atoms with E-state index in [4.69, 9.17) is 6.42 Å². The van der Waals surface area contributed by atoms with Crippen molar-refractivity contribution in [2.24, 2.45) is 0 Å². The zero-order valence-corrected chi connectivity index (χ0v) is 8.47. The zero-order chi connectivity index (χ0) is 8.81. The summed E-state index contributed by atoms with van der Waals surface area (Å²) in [5, 5.41) is 1.03. The lowest BCUT2D eigenvalue weighted by molar-refractivity contribution is 0.936. The van der Waals surface area contributed by atoms with Gasteiger partial charge < -0.3 is 0 Å². The summed E-state index contributed by atoms with van der Waals surface area (Å²) in [5.74, 6) is 2.69. The molecule has 0 aliphatic rings. The predicted molar refractivity (Wildman–Crippen MR) is 56.5 cm³/mol. The van der Waals surface area contributed by atoms with Gasteiger partial charge in [0.15, 0.2) is 0 Å². The lowest BCUT2D eigenvalue weighted by Crippen LogP contribution is -1.90. The molecule has 0 aromatic heterocycles. The molecule has 1 rings (SSSR count). The fourth-order valence-corrected chi connectivity index (χ4v) is 1.42. The number of terminal acetylenes is 1. The van der Waals surface area contributed by atoms with E-state index >= 15 is 0 Å². The Balaban J connectivity index is 2.77. The Bertz CT molecular complexity index is 283. The molecular formula is C11H11Br. The highest BCUT2D eigenvalue weighted by atomic mass is 79.9. The average molecular weight is 223 g/mol. The van der Waals surface area contributed by atoms with Gasteiger partial charge in [0.25, 0.3) is 0 Å². The fraction of sp³-hybridized carbons (Fsp3) is 0.273. The molecule has 0 radical (unpaired) electrons. The molecule has 0 bridgehead atoms. The van der Waals surface area contributed by atoms with Crippen molar-refractivity contribution in [1.29, 1.82) is 0 Å². The molecule has 0 atom stereocenters. The number of hydrogen-bond acceptors (Lipinski definition) is 0. The standard InChI is InChI=1S/C11H11Br/c1-2-10-6-3-4-7-11(10)8-5-9-12/h1,3-4,6-7H,5,8-9H2. The Hall–Kier alpha value is -0.740. The fourth-order valence-electron chi connectivity index (χ4n) is 1.14. The van der Waals surface area contributed by atoms with Crippen molar-refractivity contribution in [2.45, 2.75) is 12.8 Å². The number of benzene rings is 1. The molecule has 0 saturated carbocycles. The van der Waals surface area contributed by atoms with Crippen LogP contribution in [-0.4, -0.2) is 5.33 Å². The van der Waals surface area contributed by atoms with Crippen LogP contribution in [0, 0.1) is 12.3 Å². The van der Waals surface area contributed by atoms with Crippen LogP contribution >= 0.6 is 15.9 Å². The van der Waals surface area contributed by atoms with Crippen LogP contribution in [0.4, 0.5) is 0 Å². The molecule has 0 aliphatic carbocycles. The van der Waals surface area contributed by atoms with Crippen LogP contribution in [0.5, 0.6) is 0 Å². The van der Waals surface area contributed by atoms with E-state index in [1.807, 2.05) is 18.2 Å². The zero-order valence-electron chi connectivity index (χ0n) is 6.89. The van der Waals surface area contributed by atoms with Crippen molar-refractivity contribution in [3.8, 4) is 12.3 Å². The first-order valence-electron chi connectivity index (χ1n) is 3.99. The highest BCUT2D eigenvalue weighted by Gasteiger charge is 1.96. The summed E-state index contributed by atoms with van der Waals surface area (Å²) in [6, 6.07) is 8.10. The van der Waals surface area contributed by atoms with E-state index in [0.29, 0.717) is 0 Å². The summed E-state index contributed by atoms with van der Waals surface area (Å²) < 4.78 is 0. The second kappa shape index (κ2) is 5.00. The van der Waals surface area contributed by atoms with Gasteiger partial charge in [-0.2, -0.15) is 0 Å². The van der Waals surface area contributed by atoms with Crippen molar-refractivity contribution in [3.63, 3.8) is 0 Å². The Labute approximate surface area is 82.1 Å². The van der Waals surface area contributed by atoms with Crippen LogP contribution in [-0.2, 0) is 6.42 Å². The third kappa shape index (κ3) is 2.39. The topological polar surface area (TPSA) is 0 Å². The summed E-state index contributed by atoms with van der Waals surface area (Å²) >= 11 is 3.40. The van der Waals surface area contributed by atoms with Gasteiger partial charge in [0.2, 0.25) is 0 Å². The van der Waals surface area contributed by atoms with Crippen molar-refractivity contribution < 1.29 is 0 Å². The van der Waals surface area contributed by atoms with Crippen molar-refractivity contribution in [1.82, 2.24) is 0 Å². The summed E-state index contributed by atoms with van der Waals surface area (Å²) in [4.78, 5) is 0. The smallest absolute Gasteiger partial charge is 0.0274 e. The lowest BCUT2D eigenvalue weighted by Gasteiger charge is -2.01. The maximum Gasteiger partial charge on any atom is 0.0274 e. The van der Waals surface area contributed by atoms with Crippen LogP contribution in [0.15, 0.2) is 24.3 Å². The highest BCUT2D eigenvalue weighted by molar-refractivity contribution is 9.09. The number of rotatable bonds is 3. The molecule has 0 N–H and O–H groups in total. The first-order chi connectivity index (χ1) is 5.88. The largest absolute Gasteiger partial charge is 0.115 e. The minimum atomic E-state index is 1.03.